The molecule has 62 heavy (non-hydrogen) atoms. The molecule has 0 amide bonds. The lowest BCUT2D eigenvalue weighted by Crippen LogP contribution is -2.03. The lowest BCUT2D eigenvalue weighted by molar-refractivity contribution is 0.995. The van der Waals surface area contributed by atoms with Crippen molar-refractivity contribution in [1.82, 2.24) is 19.1 Å². The highest BCUT2D eigenvalue weighted by Crippen LogP contribution is 2.43. The number of hydrogen-bond acceptors (Lipinski definition) is 2. The van der Waals surface area contributed by atoms with E-state index in [9.17, 15) is 0 Å². The Morgan fingerprint density at radius 2 is 0.661 bits per heavy atom. The van der Waals surface area contributed by atoms with Crippen LogP contribution in [0.1, 0.15) is 0 Å². The summed E-state index contributed by atoms with van der Waals surface area (Å²) in [6, 6.07) is 78.6. The van der Waals surface area contributed by atoms with Crippen molar-refractivity contribution in [2.45, 2.75) is 0 Å². The first-order valence-corrected chi connectivity index (χ1v) is 21.2. The van der Waals surface area contributed by atoms with Gasteiger partial charge in [-0.3, -0.25) is 4.57 Å². The number of hydrogen-bond donors (Lipinski definition) is 0. The zero-order valence-electron chi connectivity index (χ0n) is 33.6. The summed E-state index contributed by atoms with van der Waals surface area (Å²) in [6.45, 7) is 0. The Morgan fingerprint density at radius 3 is 1.21 bits per heavy atom. The molecule has 0 unspecified atom stereocenters. The monoisotopic (exact) mass is 788 g/mol. The standard InChI is InChI=1S/C58H36N4/c1-3-16-37(17-4-1)50-36-51(38-18-5-2-6-19-38)60-58(59-50)62-53-28-14-12-24-45(53)49-35-40(31-33-55(49)62)39-30-32-54-48(34-39)44-23-11-13-27-52(44)61(54)56-29-15-26-47-43-21-8-7-20-41(43)42-22-9-10-25-46(42)57(47)56/h1-36H. The van der Waals surface area contributed by atoms with E-state index >= 15 is 0 Å². The maximum absolute atomic E-state index is 5.24. The quantitative estimate of drug-likeness (QED) is 0.163. The second-order valence-corrected chi connectivity index (χ2v) is 16.1. The summed E-state index contributed by atoms with van der Waals surface area (Å²) >= 11 is 0. The third kappa shape index (κ3) is 5.20. The van der Waals surface area contributed by atoms with E-state index in [1.54, 1.807) is 0 Å². The van der Waals surface area contributed by atoms with Crippen LogP contribution in [0, 0.1) is 0 Å². The smallest absolute Gasteiger partial charge is 0.235 e. The van der Waals surface area contributed by atoms with E-state index < -0.39 is 0 Å². The molecule has 0 aliphatic carbocycles. The van der Waals surface area contributed by atoms with Gasteiger partial charge >= 0.3 is 0 Å². The topological polar surface area (TPSA) is 35.6 Å². The van der Waals surface area contributed by atoms with Gasteiger partial charge in [-0.25, -0.2) is 9.97 Å². The van der Waals surface area contributed by atoms with Crippen LogP contribution in [0.4, 0.5) is 0 Å². The fourth-order valence-corrected chi connectivity index (χ4v) is 9.95. The van der Waals surface area contributed by atoms with Crippen LogP contribution in [0.5, 0.6) is 0 Å². The first kappa shape index (κ1) is 34.5. The number of para-hydroxylation sites is 2. The SMILES string of the molecule is c1ccc(-c2cc(-c3ccccc3)nc(-n3c4ccccc4c4cc(-c5ccc6c(c5)c5ccccc5n6-c5cccc6c7ccccc7c7ccccc7c56)ccc43)n2)cc1. The van der Waals surface area contributed by atoms with Crippen LogP contribution in [0.3, 0.4) is 0 Å². The minimum atomic E-state index is 0.646. The van der Waals surface area contributed by atoms with Crippen molar-refractivity contribution in [2.24, 2.45) is 0 Å². The van der Waals surface area contributed by atoms with Crippen LogP contribution in [0.2, 0.25) is 0 Å². The summed E-state index contributed by atoms with van der Waals surface area (Å²) in [4.78, 5) is 10.5. The Kier molecular flexibility index (Phi) is 7.57. The number of benzene rings is 10. The third-order valence-electron chi connectivity index (χ3n) is 12.7. The fourth-order valence-electron chi connectivity index (χ4n) is 9.95. The molecule has 0 aliphatic rings. The fraction of sp³-hybridized carbons (Fsp3) is 0. The highest BCUT2D eigenvalue weighted by atomic mass is 15.2. The molecule has 4 heteroatoms. The number of fused-ring (bicyclic) bond motifs is 12. The zero-order valence-corrected chi connectivity index (χ0v) is 33.6. The van der Waals surface area contributed by atoms with Crippen LogP contribution >= 0.6 is 0 Å². The van der Waals surface area contributed by atoms with Gasteiger partial charge in [0.25, 0.3) is 0 Å². The largest absolute Gasteiger partial charge is 0.309 e. The van der Waals surface area contributed by atoms with Crippen LogP contribution in [-0.4, -0.2) is 19.1 Å². The highest BCUT2D eigenvalue weighted by molar-refractivity contribution is 6.28. The van der Waals surface area contributed by atoms with E-state index in [0.29, 0.717) is 5.95 Å². The summed E-state index contributed by atoms with van der Waals surface area (Å²) in [6.07, 6.45) is 0. The Hall–Kier alpha value is -8.34. The van der Waals surface area contributed by atoms with E-state index in [0.717, 1.165) is 49.9 Å². The summed E-state index contributed by atoms with van der Waals surface area (Å²) in [5.74, 6) is 0.646. The Bertz CT molecular complexity index is 3810. The Morgan fingerprint density at radius 1 is 0.258 bits per heavy atom. The minimum absolute atomic E-state index is 0.646. The number of rotatable bonds is 5. The molecule has 3 aromatic heterocycles. The van der Waals surface area contributed by atoms with Gasteiger partial charge in [0.15, 0.2) is 0 Å². The Balaban J connectivity index is 1.01. The third-order valence-corrected chi connectivity index (χ3v) is 12.7. The van der Waals surface area contributed by atoms with E-state index in [1.807, 2.05) is 12.1 Å². The van der Waals surface area contributed by atoms with Crippen molar-refractivity contribution in [1.29, 1.82) is 0 Å². The summed E-state index contributed by atoms with van der Waals surface area (Å²) in [5.41, 5.74) is 11.9. The van der Waals surface area contributed by atoms with Crippen LogP contribution < -0.4 is 0 Å². The maximum atomic E-state index is 5.24. The molecule has 0 saturated heterocycles. The molecule has 0 fully saturated rings. The molecule has 0 aliphatic heterocycles. The maximum Gasteiger partial charge on any atom is 0.235 e. The van der Waals surface area contributed by atoms with Crippen molar-refractivity contribution in [2.75, 3.05) is 0 Å². The van der Waals surface area contributed by atoms with Gasteiger partial charge in [0.05, 0.1) is 39.1 Å². The molecule has 3 heterocycles. The summed E-state index contributed by atoms with van der Waals surface area (Å²) in [5, 5.41) is 12.4. The molecule has 0 N–H and O–H groups in total. The van der Waals surface area contributed by atoms with Crippen molar-refractivity contribution in [3.8, 4) is 45.3 Å². The molecular weight excluding hydrogens is 753 g/mol. The van der Waals surface area contributed by atoms with E-state index in [2.05, 4.69) is 215 Å². The lowest BCUT2D eigenvalue weighted by atomic mass is 9.93. The van der Waals surface area contributed by atoms with Crippen LogP contribution in [0.15, 0.2) is 218 Å². The first-order valence-electron chi connectivity index (χ1n) is 21.2. The Labute approximate surface area is 357 Å². The predicted molar refractivity (Wildman–Crippen MR) is 260 cm³/mol. The molecule has 0 atom stereocenters. The average molecular weight is 789 g/mol. The van der Waals surface area contributed by atoms with Gasteiger partial charge in [-0.15, -0.1) is 0 Å². The van der Waals surface area contributed by atoms with Crippen molar-refractivity contribution >= 4 is 75.9 Å². The van der Waals surface area contributed by atoms with Gasteiger partial charge in [-0.05, 0) is 86.6 Å². The predicted octanol–water partition coefficient (Wildman–Crippen LogP) is 15.1. The number of aromatic nitrogens is 4. The normalized spacial score (nSPS) is 11.9. The first-order chi connectivity index (χ1) is 30.8. The van der Waals surface area contributed by atoms with Gasteiger partial charge in [0, 0.05) is 38.1 Å². The molecule has 4 nitrogen and oxygen atoms in total. The molecule has 0 saturated carbocycles. The van der Waals surface area contributed by atoms with Gasteiger partial charge in [0.2, 0.25) is 5.95 Å². The van der Waals surface area contributed by atoms with Crippen LogP contribution in [-0.2, 0) is 0 Å². The average Bonchev–Trinajstić information content (AvgIpc) is 3.86. The summed E-state index contributed by atoms with van der Waals surface area (Å²) in [7, 11) is 0. The summed E-state index contributed by atoms with van der Waals surface area (Å²) < 4.78 is 4.70. The molecule has 0 bridgehead atoms. The molecule has 10 aromatic carbocycles. The van der Waals surface area contributed by atoms with Crippen molar-refractivity contribution in [3.63, 3.8) is 0 Å². The van der Waals surface area contributed by atoms with E-state index in [1.165, 1.54) is 65.4 Å². The van der Waals surface area contributed by atoms with Gasteiger partial charge in [0.1, 0.15) is 0 Å². The lowest BCUT2D eigenvalue weighted by Gasteiger charge is -2.16. The molecule has 0 spiro atoms. The highest BCUT2D eigenvalue weighted by Gasteiger charge is 2.20. The number of nitrogens with zero attached hydrogens (tertiary/aromatic N) is 4. The molecule has 13 rings (SSSR count). The van der Waals surface area contributed by atoms with E-state index in [4.69, 9.17) is 9.97 Å². The van der Waals surface area contributed by atoms with Crippen molar-refractivity contribution in [3.05, 3.63) is 218 Å². The van der Waals surface area contributed by atoms with Gasteiger partial charge in [-0.1, -0.05) is 170 Å². The van der Waals surface area contributed by atoms with Gasteiger partial charge < -0.3 is 4.57 Å². The van der Waals surface area contributed by atoms with Gasteiger partial charge in [-0.2, -0.15) is 0 Å². The minimum Gasteiger partial charge on any atom is -0.309 e. The zero-order chi connectivity index (χ0) is 40.7. The molecule has 13 aromatic rings. The van der Waals surface area contributed by atoms with E-state index in [-0.39, 0.29) is 0 Å². The molecule has 0 radical (unpaired) electrons. The second kappa shape index (κ2) is 13.6. The van der Waals surface area contributed by atoms with Crippen molar-refractivity contribution < 1.29 is 0 Å². The van der Waals surface area contributed by atoms with Crippen LogP contribution in [0.25, 0.3) is 121 Å². The molecule has 288 valence electrons. The second-order valence-electron chi connectivity index (χ2n) is 16.1. The molecular formula is C58H36N4.